The molecule has 124 valence electrons. The molecule has 0 aliphatic rings. The number of H-pyrrole nitrogens is 1. The zero-order valence-corrected chi connectivity index (χ0v) is 13.8. The summed E-state index contributed by atoms with van der Waals surface area (Å²) in [5.74, 6) is 1.42. The molecule has 1 aromatic carbocycles. The van der Waals surface area contributed by atoms with Crippen molar-refractivity contribution in [3.05, 3.63) is 29.4 Å². The van der Waals surface area contributed by atoms with Crippen molar-refractivity contribution < 1.29 is 14.3 Å². The average Bonchev–Trinajstić information content (AvgIpc) is 3.26. The summed E-state index contributed by atoms with van der Waals surface area (Å²) in [6.45, 7) is 0. The average molecular weight is 346 g/mol. The van der Waals surface area contributed by atoms with Crippen molar-refractivity contribution in [1.29, 1.82) is 0 Å². The largest absolute Gasteiger partial charge is 0.497 e. The number of benzene rings is 1. The lowest BCUT2D eigenvalue weighted by Crippen LogP contribution is -2.15. The molecule has 0 radical (unpaired) electrons. The van der Waals surface area contributed by atoms with E-state index in [-0.39, 0.29) is 12.3 Å². The fourth-order valence-corrected chi connectivity index (χ4v) is 2.76. The maximum Gasteiger partial charge on any atom is 0.233 e. The number of carbonyl (C=O) groups is 1. The van der Waals surface area contributed by atoms with Gasteiger partial charge in [-0.2, -0.15) is 5.21 Å². The van der Waals surface area contributed by atoms with Crippen molar-refractivity contribution in [2.45, 2.75) is 6.42 Å². The Morgan fingerprint density at radius 3 is 2.92 bits per heavy atom. The van der Waals surface area contributed by atoms with Crippen LogP contribution in [0.3, 0.4) is 0 Å². The van der Waals surface area contributed by atoms with Crippen LogP contribution in [0.1, 0.15) is 5.82 Å². The number of anilines is 1. The Morgan fingerprint density at radius 1 is 1.33 bits per heavy atom. The molecule has 10 heteroatoms. The Labute approximate surface area is 141 Å². The molecule has 0 saturated carbocycles. The Morgan fingerprint density at radius 2 is 2.21 bits per heavy atom. The number of ether oxygens (including phenoxy) is 2. The van der Waals surface area contributed by atoms with Crippen LogP contribution in [0.4, 0.5) is 5.13 Å². The van der Waals surface area contributed by atoms with E-state index in [4.69, 9.17) is 9.47 Å². The minimum Gasteiger partial charge on any atom is -0.497 e. The van der Waals surface area contributed by atoms with Crippen molar-refractivity contribution in [2.24, 2.45) is 0 Å². The number of rotatable bonds is 6. The number of tetrazole rings is 1. The van der Waals surface area contributed by atoms with E-state index < -0.39 is 0 Å². The number of thiazole rings is 1. The second-order valence-electron chi connectivity index (χ2n) is 4.66. The number of carbonyl (C=O) groups excluding carboxylic acids is 1. The highest BCUT2D eigenvalue weighted by molar-refractivity contribution is 7.14. The van der Waals surface area contributed by atoms with E-state index >= 15 is 0 Å². The van der Waals surface area contributed by atoms with Crippen LogP contribution in [0, 0.1) is 0 Å². The number of nitrogens with one attached hydrogen (secondary N) is 2. The van der Waals surface area contributed by atoms with Crippen LogP contribution in [0.2, 0.25) is 0 Å². The molecule has 2 heterocycles. The fraction of sp³-hybridized carbons (Fsp3) is 0.214. The van der Waals surface area contributed by atoms with E-state index in [1.807, 2.05) is 23.6 Å². The van der Waals surface area contributed by atoms with E-state index in [9.17, 15) is 4.79 Å². The van der Waals surface area contributed by atoms with Crippen LogP contribution in [-0.2, 0) is 11.2 Å². The molecule has 2 aromatic heterocycles. The zero-order valence-electron chi connectivity index (χ0n) is 12.9. The molecule has 0 aliphatic heterocycles. The lowest BCUT2D eigenvalue weighted by molar-refractivity contribution is -0.115. The lowest BCUT2D eigenvalue weighted by Gasteiger charge is -2.08. The topological polar surface area (TPSA) is 115 Å². The monoisotopic (exact) mass is 346 g/mol. The van der Waals surface area contributed by atoms with E-state index in [0.717, 1.165) is 5.56 Å². The number of aromatic amines is 1. The van der Waals surface area contributed by atoms with Crippen LogP contribution in [0.15, 0.2) is 23.6 Å². The Hall–Kier alpha value is -3.01. The molecule has 0 bridgehead atoms. The summed E-state index contributed by atoms with van der Waals surface area (Å²) in [5.41, 5.74) is 1.47. The second kappa shape index (κ2) is 7.04. The number of nitrogens with zero attached hydrogens (tertiary/aromatic N) is 4. The lowest BCUT2D eigenvalue weighted by atomic mass is 10.1. The minimum absolute atomic E-state index is 0.0217. The van der Waals surface area contributed by atoms with Crippen molar-refractivity contribution in [1.82, 2.24) is 25.6 Å². The molecular formula is C14H14N6O3S. The number of aromatic nitrogens is 5. The Kier molecular flexibility index (Phi) is 4.66. The van der Waals surface area contributed by atoms with Gasteiger partial charge in [-0.15, -0.1) is 21.5 Å². The molecule has 0 fully saturated rings. The highest BCUT2D eigenvalue weighted by Gasteiger charge is 2.14. The number of methoxy groups -OCH3 is 2. The van der Waals surface area contributed by atoms with Crippen LogP contribution in [-0.4, -0.2) is 45.7 Å². The van der Waals surface area contributed by atoms with Crippen LogP contribution in [0.25, 0.3) is 11.3 Å². The standard InChI is InChI=1S/C14H14N6O3S/c1-22-8-3-4-11(23-2)9(5-8)10-7-24-14(15-10)16-13(21)6-12-17-19-20-18-12/h3-5,7H,6H2,1-2H3,(H,15,16,21)(H,17,18,19,20). The van der Waals surface area contributed by atoms with Gasteiger partial charge in [-0.1, -0.05) is 5.21 Å². The first-order chi connectivity index (χ1) is 11.7. The van der Waals surface area contributed by atoms with Gasteiger partial charge in [0.1, 0.15) is 11.5 Å². The molecule has 2 N–H and O–H groups in total. The number of hydrogen-bond donors (Lipinski definition) is 2. The fourth-order valence-electron chi connectivity index (χ4n) is 2.03. The summed E-state index contributed by atoms with van der Waals surface area (Å²) in [4.78, 5) is 16.4. The highest BCUT2D eigenvalue weighted by atomic mass is 32.1. The first kappa shape index (κ1) is 15.9. The molecule has 0 atom stereocenters. The summed E-state index contributed by atoms with van der Waals surface area (Å²) < 4.78 is 10.6. The molecule has 1 amide bonds. The summed E-state index contributed by atoms with van der Waals surface area (Å²) in [6, 6.07) is 5.45. The summed E-state index contributed by atoms with van der Waals surface area (Å²) in [7, 11) is 3.18. The van der Waals surface area contributed by atoms with E-state index in [2.05, 4.69) is 30.9 Å². The molecule has 3 aromatic rings. The SMILES string of the molecule is COc1ccc(OC)c(-c2csc(NC(=O)Cc3nn[nH]n3)n2)c1. The van der Waals surface area contributed by atoms with Crippen molar-refractivity contribution in [3.8, 4) is 22.8 Å². The van der Waals surface area contributed by atoms with Gasteiger partial charge >= 0.3 is 0 Å². The van der Waals surface area contributed by atoms with Gasteiger partial charge in [-0.25, -0.2) is 4.98 Å². The Bertz CT molecular complexity index is 833. The number of hydrogen-bond acceptors (Lipinski definition) is 8. The third-order valence-electron chi connectivity index (χ3n) is 3.14. The quantitative estimate of drug-likeness (QED) is 0.695. The van der Waals surface area contributed by atoms with Crippen LogP contribution in [0.5, 0.6) is 11.5 Å². The van der Waals surface area contributed by atoms with Crippen molar-refractivity contribution in [2.75, 3.05) is 19.5 Å². The van der Waals surface area contributed by atoms with Gasteiger partial charge in [0.25, 0.3) is 0 Å². The molecule has 0 spiro atoms. The molecule has 3 rings (SSSR count). The first-order valence-electron chi connectivity index (χ1n) is 6.89. The van der Waals surface area contributed by atoms with Gasteiger partial charge in [-0.05, 0) is 18.2 Å². The van der Waals surface area contributed by atoms with Gasteiger partial charge < -0.3 is 14.8 Å². The minimum atomic E-state index is -0.269. The molecule has 0 saturated heterocycles. The number of amides is 1. The molecule has 0 unspecified atom stereocenters. The van der Waals surface area contributed by atoms with Crippen molar-refractivity contribution >= 4 is 22.4 Å². The van der Waals surface area contributed by atoms with Gasteiger partial charge in [0.2, 0.25) is 5.91 Å². The van der Waals surface area contributed by atoms with Gasteiger partial charge in [0.15, 0.2) is 11.0 Å². The molecule has 24 heavy (non-hydrogen) atoms. The smallest absolute Gasteiger partial charge is 0.233 e. The summed E-state index contributed by atoms with van der Waals surface area (Å²) in [6.07, 6.45) is 0.0217. The summed E-state index contributed by atoms with van der Waals surface area (Å²) in [5, 5.41) is 18.2. The molecule has 0 aliphatic carbocycles. The normalized spacial score (nSPS) is 10.4. The molecular weight excluding hydrogens is 332 g/mol. The van der Waals surface area contributed by atoms with Gasteiger partial charge in [0.05, 0.1) is 26.3 Å². The third-order valence-corrected chi connectivity index (χ3v) is 3.90. The summed E-state index contributed by atoms with van der Waals surface area (Å²) >= 11 is 1.31. The molecule has 9 nitrogen and oxygen atoms in total. The first-order valence-corrected chi connectivity index (χ1v) is 7.77. The maximum atomic E-state index is 11.9. The van der Waals surface area contributed by atoms with Gasteiger partial charge in [0, 0.05) is 10.9 Å². The Balaban J connectivity index is 1.77. The zero-order chi connectivity index (χ0) is 16.9. The van der Waals surface area contributed by atoms with E-state index in [1.54, 1.807) is 14.2 Å². The van der Waals surface area contributed by atoms with Crippen molar-refractivity contribution in [3.63, 3.8) is 0 Å². The van der Waals surface area contributed by atoms with E-state index in [0.29, 0.717) is 28.1 Å². The van der Waals surface area contributed by atoms with Crippen LogP contribution < -0.4 is 14.8 Å². The van der Waals surface area contributed by atoms with E-state index in [1.165, 1.54) is 11.3 Å². The third kappa shape index (κ3) is 3.49. The highest BCUT2D eigenvalue weighted by Crippen LogP contribution is 2.34. The second-order valence-corrected chi connectivity index (χ2v) is 5.52. The maximum absolute atomic E-state index is 11.9. The predicted molar refractivity (Wildman–Crippen MR) is 87.2 cm³/mol. The predicted octanol–water partition coefficient (Wildman–Crippen LogP) is 1.52. The van der Waals surface area contributed by atoms with Gasteiger partial charge in [-0.3, -0.25) is 4.79 Å². The van der Waals surface area contributed by atoms with Crippen LogP contribution >= 0.6 is 11.3 Å².